The zero-order valence-electron chi connectivity index (χ0n) is 17.1. The van der Waals surface area contributed by atoms with Crippen molar-refractivity contribution in [3.8, 4) is 0 Å². The maximum absolute atomic E-state index is 12.9. The highest BCUT2D eigenvalue weighted by molar-refractivity contribution is 5.99. The normalized spacial score (nSPS) is 14.8. The van der Waals surface area contributed by atoms with Gasteiger partial charge in [-0.3, -0.25) is 19.8 Å². The highest BCUT2D eigenvalue weighted by Gasteiger charge is 2.31. The lowest BCUT2D eigenvalue weighted by atomic mass is 10.1. The Kier molecular flexibility index (Phi) is 6.78. The van der Waals surface area contributed by atoms with Gasteiger partial charge >= 0.3 is 12.1 Å². The molecule has 2 aromatic rings. The first-order valence-electron chi connectivity index (χ1n) is 9.64. The van der Waals surface area contributed by atoms with Crippen molar-refractivity contribution in [3.05, 3.63) is 74.8 Å². The Bertz CT molecular complexity index is 1030. The van der Waals surface area contributed by atoms with Crippen LogP contribution in [0.1, 0.15) is 31.8 Å². The number of hydrogen-bond acceptors (Lipinski definition) is 6. The van der Waals surface area contributed by atoms with Crippen molar-refractivity contribution < 1.29 is 32.4 Å². The maximum atomic E-state index is 12.9. The summed E-state index contributed by atoms with van der Waals surface area (Å²) in [6, 6.07) is 8.48. The first-order valence-corrected chi connectivity index (χ1v) is 9.64. The third kappa shape index (κ3) is 5.41. The lowest BCUT2D eigenvalue weighted by Crippen LogP contribution is -2.48. The van der Waals surface area contributed by atoms with Crippen molar-refractivity contribution in [2.75, 3.05) is 33.3 Å². The molecule has 170 valence electrons. The molecule has 1 amide bonds. The molecule has 1 saturated heterocycles. The highest BCUT2D eigenvalue weighted by Crippen LogP contribution is 2.30. The van der Waals surface area contributed by atoms with Gasteiger partial charge in [-0.1, -0.05) is 18.2 Å². The van der Waals surface area contributed by atoms with E-state index in [1.165, 1.54) is 17.0 Å². The molecule has 0 spiro atoms. The van der Waals surface area contributed by atoms with Crippen molar-refractivity contribution >= 4 is 17.6 Å². The van der Waals surface area contributed by atoms with Crippen molar-refractivity contribution in [2.24, 2.45) is 0 Å². The summed E-state index contributed by atoms with van der Waals surface area (Å²) in [5.74, 6) is -1.27. The summed E-state index contributed by atoms with van der Waals surface area (Å²) in [4.78, 5) is 38.5. The average molecular weight is 451 g/mol. The topological polar surface area (TPSA) is 93.0 Å². The third-order valence-corrected chi connectivity index (χ3v) is 5.12. The number of ether oxygens (including phenoxy) is 1. The predicted molar refractivity (Wildman–Crippen MR) is 107 cm³/mol. The van der Waals surface area contributed by atoms with E-state index < -0.39 is 34.2 Å². The van der Waals surface area contributed by atoms with Crippen molar-refractivity contribution in [1.82, 2.24) is 9.80 Å². The van der Waals surface area contributed by atoms with Crippen LogP contribution in [0.25, 0.3) is 0 Å². The molecule has 0 radical (unpaired) electrons. The zero-order chi connectivity index (χ0) is 23.5. The summed E-state index contributed by atoms with van der Waals surface area (Å²) in [6.45, 7) is 1.71. The number of amides is 1. The first-order chi connectivity index (χ1) is 15.1. The van der Waals surface area contributed by atoms with Crippen LogP contribution in [0.3, 0.4) is 0 Å². The maximum Gasteiger partial charge on any atom is 0.416 e. The molecule has 0 aromatic heterocycles. The van der Waals surface area contributed by atoms with Crippen molar-refractivity contribution in [1.29, 1.82) is 0 Å². The molecular formula is C21H20F3N3O5. The molecule has 0 atom stereocenters. The molecular weight excluding hydrogens is 431 g/mol. The van der Waals surface area contributed by atoms with E-state index in [1.807, 2.05) is 4.90 Å². The Morgan fingerprint density at radius 3 is 2.31 bits per heavy atom. The Labute approximate surface area is 181 Å². The second-order valence-corrected chi connectivity index (χ2v) is 7.28. The summed E-state index contributed by atoms with van der Waals surface area (Å²) in [5, 5.41) is 11.2. The van der Waals surface area contributed by atoms with Crippen LogP contribution in [0.2, 0.25) is 0 Å². The Balaban J connectivity index is 1.68. The summed E-state index contributed by atoms with van der Waals surface area (Å²) in [7, 11) is 1.13. The molecule has 2 aromatic carbocycles. The average Bonchev–Trinajstić information content (AvgIpc) is 2.77. The van der Waals surface area contributed by atoms with Gasteiger partial charge in [0.25, 0.3) is 11.6 Å². The Morgan fingerprint density at radius 2 is 1.72 bits per heavy atom. The third-order valence-electron chi connectivity index (χ3n) is 5.12. The molecule has 0 unspecified atom stereocenters. The molecule has 32 heavy (non-hydrogen) atoms. The summed E-state index contributed by atoms with van der Waals surface area (Å²) in [5.41, 5.74) is -0.713. The van der Waals surface area contributed by atoms with Gasteiger partial charge in [-0.05, 0) is 17.7 Å². The fraction of sp³-hybridized carbons (Fsp3) is 0.333. The summed E-state index contributed by atoms with van der Waals surface area (Å²) >= 11 is 0. The fourth-order valence-electron chi connectivity index (χ4n) is 3.47. The molecule has 1 aliphatic rings. The Hall–Kier alpha value is -3.47. The highest BCUT2D eigenvalue weighted by atomic mass is 19.4. The second-order valence-electron chi connectivity index (χ2n) is 7.28. The number of piperazine rings is 1. The number of esters is 1. The molecule has 0 saturated carbocycles. The van der Waals surface area contributed by atoms with Crippen LogP contribution < -0.4 is 0 Å². The lowest BCUT2D eigenvalue weighted by Gasteiger charge is -2.35. The van der Waals surface area contributed by atoms with Gasteiger partial charge in [-0.25, -0.2) is 4.79 Å². The number of alkyl halides is 3. The minimum Gasteiger partial charge on any atom is -0.465 e. The van der Waals surface area contributed by atoms with Crippen LogP contribution in [0, 0.1) is 10.1 Å². The minimum absolute atomic E-state index is 0.00840. The van der Waals surface area contributed by atoms with Gasteiger partial charge in [-0.15, -0.1) is 0 Å². The van der Waals surface area contributed by atoms with E-state index in [0.717, 1.165) is 31.4 Å². The number of nitro benzene ring substituents is 1. The molecule has 11 heteroatoms. The van der Waals surface area contributed by atoms with Gasteiger partial charge in [-0.2, -0.15) is 13.2 Å². The molecule has 0 N–H and O–H groups in total. The summed E-state index contributed by atoms with van der Waals surface area (Å²) in [6.07, 6.45) is -4.41. The molecule has 3 rings (SSSR count). The number of rotatable bonds is 5. The number of halogens is 3. The lowest BCUT2D eigenvalue weighted by molar-refractivity contribution is -0.384. The van der Waals surface area contributed by atoms with Gasteiger partial charge in [0.2, 0.25) is 0 Å². The van der Waals surface area contributed by atoms with Gasteiger partial charge in [0.1, 0.15) is 0 Å². The number of methoxy groups -OCH3 is 1. The number of non-ortho nitro benzene ring substituents is 1. The van der Waals surface area contributed by atoms with E-state index in [-0.39, 0.29) is 24.2 Å². The van der Waals surface area contributed by atoms with Crippen molar-refractivity contribution in [3.63, 3.8) is 0 Å². The van der Waals surface area contributed by atoms with E-state index >= 15 is 0 Å². The van der Waals surface area contributed by atoms with Crippen molar-refractivity contribution in [2.45, 2.75) is 12.7 Å². The molecule has 1 fully saturated rings. The van der Waals surface area contributed by atoms with E-state index in [9.17, 15) is 32.9 Å². The fourth-order valence-corrected chi connectivity index (χ4v) is 3.47. The Morgan fingerprint density at radius 1 is 1.06 bits per heavy atom. The molecule has 8 nitrogen and oxygen atoms in total. The van der Waals surface area contributed by atoms with Gasteiger partial charge in [0.15, 0.2) is 0 Å². The zero-order valence-corrected chi connectivity index (χ0v) is 17.1. The van der Waals surface area contributed by atoms with Crippen LogP contribution in [0.15, 0.2) is 42.5 Å². The number of nitro groups is 1. The number of carbonyl (C=O) groups is 2. The number of benzene rings is 2. The van der Waals surface area contributed by atoms with E-state index in [4.69, 9.17) is 0 Å². The van der Waals surface area contributed by atoms with Crippen LogP contribution in [0.4, 0.5) is 18.9 Å². The SMILES string of the molecule is COC(=O)c1cc(C(=O)N2CCN(Cc3cccc(C(F)(F)F)c3)CC2)cc([N+](=O)[O-])c1. The van der Waals surface area contributed by atoms with E-state index in [1.54, 1.807) is 6.07 Å². The summed E-state index contributed by atoms with van der Waals surface area (Å²) < 4.78 is 43.3. The van der Waals surface area contributed by atoms with Crippen LogP contribution in [-0.2, 0) is 17.5 Å². The number of carbonyl (C=O) groups excluding carboxylic acids is 2. The quantitative estimate of drug-likeness (QED) is 0.393. The monoisotopic (exact) mass is 451 g/mol. The molecule has 0 bridgehead atoms. The molecule has 0 aliphatic carbocycles. The first kappa shape index (κ1) is 23.2. The van der Waals surface area contributed by atoms with Gasteiger partial charge < -0.3 is 9.64 Å². The minimum atomic E-state index is -4.41. The molecule has 1 heterocycles. The van der Waals surface area contributed by atoms with E-state index in [0.29, 0.717) is 25.2 Å². The second kappa shape index (κ2) is 9.35. The largest absolute Gasteiger partial charge is 0.465 e. The number of hydrogen-bond donors (Lipinski definition) is 0. The van der Waals surface area contributed by atoms with Crippen LogP contribution in [-0.4, -0.2) is 59.9 Å². The predicted octanol–water partition coefficient (Wildman–Crippen LogP) is 3.36. The smallest absolute Gasteiger partial charge is 0.416 e. The van der Waals surface area contributed by atoms with Gasteiger partial charge in [0, 0.05) is 50.4 Å². The molecule has 1 aliphatic heterocycles. The van der Waals surface area contributed by atoms with Gasteiger partial charge in [0.05, 0.1) is 23.2 Å². The van der Waals surface area contributed by atoms with E-state index in [2.05, 4.69) is 4.74 Å². The van der Waals surface area contributed by atoms with Crippen LogP contribution >= 0.6 is 0 Å². The van der Waals surface area contributed by atoms with Crippen LogP contribution in [0.5, 0.6) is 0 Å². The standard InChI is InChI=1S/C21H20F3N3O5/c1-32-20(29)16-10-15(11-18(12-16)27(30)31)19(28)26-7-5-25(6-8-26)13-14-3-2-4-17(9-14)21(22,23)24/h2-4,9-12H,5-8,13H2,1H3. The number of nitrogens with zero attached hydrogens (tertiary/aromatic N) is 3.